The second-order valence-corrected chi connectivity index (χ2v) is 7.18. The molecule has 0 bridgehead atoms. The molecule has 0 fully saturated rings. The van der Waals surface area contributed by atoms with Gasteiger partial charge < -0.3 is 0 Å². The first kappa shape index (κ1) is 16.1. The molecule has 0 amide bonds. The summed E-state index contributed by atoms with van der Waals surface area (Å²) in [5.41, 5.74) is 2.56. The van der Waals surface area contributed by atoms with Gasteiger partial charge in [-0.05, 0) is 35.9 Å². The predicted molar refractivity (Wildman–Crippen MR) is 104 cm³/mol. The van der Waals surface area contributed by atoms with E-state index in [1.54, 1.807) is 39.2 Å². The summed E-state index contributed by atoms with van der Waals surface area (Å²) in [7, 11) is 0. The maximum atomic E-state index is 14.5. The molecule has 0 unspecified atom stereocenters. The first-order valence-electron chi connectivity index (χ1n) is 6.85. The summed E-state index contributed by atoms with van der Waals surface area (Å²) in [4.78, 5) is 8.45. The molecule has 3 heterocycles. The normalized spacial score (nSPS) is 11.5. The molecule has 0 N–H and O–H groups in total. The number of fused-ring (bicyclic) bond motifs is 2. The topological polar surface area (TPSA) is 39.9 Å². The number of hydrogen-bond acceptors (Lipinski definition) is 4. The van der Waals surface area contributed by atoms with Crippen LogP contribution in [-0.4, -0.2) is 13.9 Å². The van der Waals surface area contributed by atoms with Gasteiger partial charge in [0, 0.05) is 34.9 Å². The van der Waals surface area contributed by atoms with E-state index in [2.05, 4.69) is 9.97 Å². The summed E-state index contributed by atoms with van der Waals surface area (Å²) in [6.07, 6.45) is 5.07. The Kier molecular flexibility index (Phi) is 4.33. The molecule has 4 aromatic rings. The first-order valence-corrected chi connectivity index (χ1v) is 8.80. The van der Waals surface area contributed by atoms with Gasteiger partial charge in [0.2, 0.25) is 0 Å². The van der Waals surface area contributed by atoms with Crippen LogP contribution in [0.3, 0.4) is 0 Å². The fraction of sp³-hybridized carbons (Fsp3) is 0. The average molecular weight is 472 g/mol. The Hall–Kier alpha value is -1.42. The number of pyridine rings is 2. The van der Waals surface area contributed by atoms with E-state index in [1.807, 2.05) is 24.4 Å². The van der Waals surface area contributed by atoms with Crippen LogP contribution in [0.25, 0.3) is 33.1 Å². The lowest BCUT2D eigenvalue weighted by molar-refractivity contribution is 0.637. The minimum absolute atomic E-state index is 0.262. The third kappa shape index (κ3) is 2.65. The van der Waals surface area contributed by atoms with Crippen molar-refractivity contribution in [2.75, 3.05) is 0 Å². The number of aromatic nitrogens is 3. The highest BCUT2D eigenvalue weighted by atomic mass is 127. The van der Waals surface area contributed by atoms with Gasteiger partial charge in [-0.25, -0.2) is 11.9 Å². The second-order valence-electron chi connectivity index (χ2n) is 5.03. The lowest BCUT2D eigenvalue weighted by Crippen LogP contribution is -1.87. The number of nitrogens with zero attached hydrogens (tertiary/aromatic N) is 3. The van der Waals surface area contributed by atoms with E-state index in [0.717, 1.165) is 28.8 Å². The van der Waals surface area contributed by atoms with E-state index in [0.29, 0.717) is 16.0 Å². The zero-order valence-electron chi connectivity index (χ0n) is 11.9. The van der Waals surface area contributed by atoms with Gasteiger partial charge in [-0.1, -0.05) is 11.6 Å². The highest BCUT2D eigenvalue weighted by Gasteiger charge is 2.15. The standard InChI is InChI=1S/C16H8ClFIN3OS/c17-13-3-5-20-15-11(13)6-9(7-14(15)18)12-8-22(24-23-19)16-10(12)2-1-4-21-16/h1-8H. The Bertz CT molecular complexity index is 1070. The molecular weight excluding hydrogens is 464 g/mol. The highest BCUT2D eigenvalue weighted by molar-refractivity contribution is 14.1. The van der Waals surface area contributed by atoms with E-state index in [4.69, 9.17) is 14.1 Å². The molecule has 0 spiro atoms. The molecule has 0 saturated heterocycles. The van der Waals surface area contributed by atoms with Crippen molar-refractivity contribution in [3.63, 3.8) is 0 Å². The Morgan fingerprint density at radius 3 is 2.88 bits per heavy atom. The molecule has 0 radical (unpaired) electrons. The van der Waals surface area contributed by atoms with E-state index < -0.39 is 5.82 Å². The molecule has 0 atom stereocenters. The van der Waals surface area contributed by atoms with Crippen molar-refractivity contribution in [3.05, 3.63) is 59.8 Å². The lowest BCUT2D eigenvalue weighted by Gasteiger charge is -2.05. The van der Waals surface area contributed by atoms with Gasteiger partial charge in [0.15, 0.2) is 5.65 Å². The summed E-state index contributed by atoms with van der Waals surface area (Å²) >= 11 is 9.15. The molecule has 8 heteroatoms. The van der Waals surface area contributed by atoms with Crippen LogP contribution in [0.2, 0.25) is 5.02 Å². The molecule has 3 aromatic heterocycles. The van der Waals surface area contributed by atoms with Gasteiger partial charge in [-0.2, -0.15) is 0 Å². The second kappa shape index (κ2) is 6.47. The van der Waals surface area contributed by atoms with Crippen molar-refractivity contribution in [1.29, 1.82) is 0 Å². The highest BCUT2D eigenvalue weighted by Crippen LogP contribution is 2.36. The van der Waals surface area contributed by atoms with Crippen LogP contribution in [-0.2, 0) is 2.51 Å². The summed E-state index contributed by atoms with van der Waals surface area (Å²) in [6.45, 7) is 0. The van der Waals surface area contributed by atoms with Crippen LogP contribution >= 0.6 is 46.8 Å². The molecule has 4 nitrogen and oxygen atoms in total. The fourth-order valence-electron chi connectivity index (χ4n) is 2.68. The molecular formula is C16H8ClFIN3OS. The lowest BCUT2D eigenvalue weighted by atomic mass is 10.0. The van der Waals surface area contributed by atoms with Crippen molar-refractivity contribution >= 4 is 68.8 Å². The third-order valence-corrected chi connectivity index (χ3v) is 5.00. The van der Waals surface area contributed by atoms with Crippen LogP contribution in [0, 0.1) is 5.82 Å². The van der Waals surface area contributed by atoms with Gasteiger partial charge >= 0.3 is 0 Å². The van der Waals surface area contributed by atoms with Crippen LogP contribution in [0.15, 0.2) is 48.9 Å². The minimum Gasteiger partial charge on any atom is -0.253 e. The van der Waals surface area contributed by atoms with Gasteiger partial charge in [0.25, 0.3) is 0 Å². The Morgan fingerprint density at radius 2 is 2.04 bits per heavy atom. The summed E-state index contributed by atoms with van der Waals surface area (Å²) in [6, 6.07) is 8.74. The Balaban J connectivity index is 2.01. The first-order chi connectivity index (χ1) is 11.7. The summed E-state index contributed by atoms with van der Waals surface area (Å²) < 4.78 is 21.4. The predicted octanol–water partition coefficient (Wildman–Crippen LogP) is 5.82. The van der Waals surface area contributed by atoms with Crippen LogP contribution in [0.4, 0.5) is 4.39 Å². The fourth-order valence-corrected chi connectivity index (χ4v) is 3.83. The average Bonchev–Trinajstić information content (AvgIpc) is 2.95. The molecule has 120 valence electrons. The van der Waals surface area contributed by atoms with Gasteiger partial charge in [-0.3, -0.25) is 8.96 Å². The van der Waals surface area contributed by atoms with Gasteiger partial charge in [0.05, 0.1) is 5.02 Å². The molecule has 0 saturated carbocycles. The Labute approximate surface area is 160 Å². The monoisotopic (exact) mass is 471 g/mol. The number of benzene rings is 1. The smallest absolute Gasteiger partial charge is 0.152 e. The van der Waals surface area contributed by atoms with E-state index in [-0.39, 0.29) is 5.52 Å². The Morgan fingerprint density at radius 1 is 1.17 bits per heavy atom. The van der Waals surface area contributed by atoms with Crippen molar-refractivity contribution < 1.29 is 6.90 Å². The van der Waals surface area contributed by atoms with Gasteiger partial charge in [-0.15, -0.1) is 0 Å². The van der Waals surface area contributed by atoms with Crippen LogP contribution in [0.1, 0.15) is 0 Å². The molecule has 24 heavy (non-hydrogen) atoms. The van der Waals surface area contributed by atoms with Crippen molar-refractivity contribution in [3.8, 4) is 11.1 Å². The zero-order valence-corrected chi connectivity index (χ0v) is 15.6. The van der Waals surface area contributed by atoms with E-state index in [9.17, 15) is 4.39 Å². The molecule has 1 aromatic carbocycles. The summed E-state index contributed by atoms with van der Waals surface area (Å²) in [5.74, 6) is -0.410. The number of halogens is 3. The van der Waals surface area contributed by atoms with E-state index in [1.165, 1.54) is 12.3 Å². The maximum absolute atomic E-state index is 14.5. The molecule has 4 rings (SSSR count). The number of rotatable bonds is 3. The van der Waals surface area contributed by atoms with Crippen molar-refractivity contribution in [2.24, 2.45) is 0 Å². The van der Waals surface area contributed by atoms with Crippen molar-refractivity contribution in [1.82, 2.24) is 13.9 Å². The number of hydrogen-bond donors (Lipinski definition) is 0. The van der Waals surface area contributed by atoms with E-state index >= 15 is 0 Å². The maximum Gasteiger partial charge on any atom is 0.152 e. The largest absolute Gasteiger partial charge is 0.253 e. The molecule has 0 aliphatic carbocycles. The zero-order chi connectivity index (χ0) is 16.7. The van der Waals surface area contributed by atoms with Gasteiger partial charge in [0.1, 0.15) is 46.6 Å². The molecule has 0 aliphatic rings. The minimum atomic E-state index is -0.410. The summed E-state index contributed by atoms with van der Waals surface area (Å²) in [5, 5.41) is 1.95. The van der Waals surface area contributed by atoms with Crippen LogP contribution < -0.4 is 0 Å². The van der Waals surface area contributed by atoms with Crippen molar-refractivity contribution in [2.45, 2.75) is 0 Å². The molecule has 0 aliphatic heterocycles. The quantitative estimate of drug-likeness (QED) is 0.279. The SMILES string of the molecule is Fc1cc(-c2cn(SOI)c3ncccc23)cc2c(Cl)ccnc12. The third-order valence-electron chi connectivity index (χ3n) is 3.70. The van der Waals surface area contributed by atoms with Crippen LogP contribution in [0.5, 0.6) is 0 Å².